The van der Waals surface area contributed by atoms with Gasteiger partial charge in [-0.2, -0.15) is 0 Å². The molecule has 1 atom stereocenters. The molecular formula is C12H15BrCl2S. The fourth-order valence-corrected chi connectivity index (χ4v) is 5.15. The van der Waals surface area contributed by atoms with Crippen LogP contribution >= 0.6 is 50.5 Å². The average molecular weight is 342 g/mol. The van der Waals surface area contributed by atoms with Crippen LogP contribution in [0.15, 0.2) is 6.07 Å². The van der Waals surface area contributed by atoms with E-state index in [9.17, 15) is 0 Å². The van der Waals surface area contributed by atoms with Gasteiger partial charge in [0.2, 0.25) is 0 Å². The van der Waals surface area contributed by atoms with Crippen molar-refractivity contribution in [1.82, 2.24) is 0 Å². The molecule has 1 aromatic rings. The molecule has 1 aliphatic rings. The molecule has 90 valence electrons. The Bertz CT molecular complexity index is 369. The van der Waals surface area contributed by atoms with Crippen molar-refractivity contribution in [2.24, 2.45) is 5.41 Å². The Labute approximate surface area is 119 Å². The van der Waals surface area contributed by atoms with E-state index in [0.29, 0.717) is 10.2 Å². The topological polar surface area (TPSA) is 0 Å². The lowest BCUT2D eigenvalue weighted by Gasteiger charge is -2.38. The highest BCUT2D eigenvalue weighted by atomic mass is 79.9. The Balaban J connectivity index is 2.23. The first kappa shape index (κ1) is 13.2. The molecule has 0 nitrogen and oxygen atoms in total. The molecule has 1 fully saturated rings. The lowest BCUT2D eigenvalue weighted by atomic mass is 9.72. The summed E-state index contributed by atoms with van der Waals surface area (Å²) in [5.41, 5.74) is 1.49. The highest BCUT2D eigenvalue weighted by Gasteiger charge is 2.36. The van der Waals surface area contributed by atoms with Gasteiger partial charge in [0.05, 0.1) is 8.67 Å². The van der Waals surface area contributed by atoms with E-state index in [1.54, 1.807) is 0 Å². The number of hydrogen-bond donors (Lipinski definition) is 0. The van der Waals surface area contributed by atoms with Crippen LogP contribution in [-0.4, -0.2) is 0 Å². The highest BCUT2D eigenvalue weighted by Crippen LogP contribution is 2.53. The lowest BCUT2D eigenvalue weighted by Crippen LogP contribution is -2.24. The van der Waals surface area contributed by atoms with Gasteiger partial charge >= 0.3 is 0 Å². The molecule has 1 aliphatic carbocycles. The highest BCUT2D eigenvalue weighted by molar-refractivity contribution is 9.09. The van der Waals surface area contributed by atoms with Gasteiger partial charge in [0, 0.05) is 4.83 Å². The molecule has 16 heavy (non-hydrogen) atoms. The summed E-state index contributed by atoms with van der Waals surface area (Å²) in [6.45, 7) is 2.35. The molecule has 1 unspecified atom stereocenters. The molecule has 0 amide bonds. The van der Waals surface area contributed by atoms with Crippen molar-refractivity contribution in [3.63, 3.8) is 0 Å². The van der Waals surface area contributed by atoms with Gasteiger partial charge in [-0.15, -0.1) is 11.3 Å². The van der Waals surface area contributed by atoms with Crippen LogP contribution in [0.4, 0.5) is 0 Å². The van der Waals surface area contributed by atoms with E-state index in [4.69, 9.17) is 23.2 Å². The van der Waals surface area contributed by atoms with Gasteiger partial charge < -0.3 is 0 Å². The van der Waals surface area contributed by atoms with Crippen molar-refractivity contribution in [3.8, 4) is 0 Å². The molecule has 0 aliphatic heterocycles. The Kier molecular flexibility index (Phi) is 4.27. The first-order valence-corrected chi connectivity index (χ1v) is 8.10. The second-order valence-electron chi connectivity index (χ2n) is 4.86. The van der Waals surface area contributed by atoms with Crippen LogP contribution in [0.25, 0.3) is 0 Å². The van der Waals surface area contributed by atoms with Crippen molar-refractivity contribution in [2.45, 2.75) is 43.9 Å². The standard InChI is InChI=1S/C12H15BrCl2S/c1-12(5-3-2-4-6-12)10(13)8-7-9(14)16-11(8)15/h7,10H,2-6H2,1H3. The zero-order valence-electron chi connectivity index (χ0n) is 9.23. The van der Waals surface area contributed by atoms with Gasteiger partial charge in [-0.3, -0.25) is 0 Å². The summed E-state index contributed by atoms with van der Waals surface area (Å²) in [5, 5.41) is 0. The molecule has 0 spiro atoms. The zero-order chi connectivity index (χ0) is 11.8. The maximum Gasteiger partial charge on any atom is 0.0987 e. The van der Waals surface area contributed by atoms with Crippen LogP contribution in [0.2, 0.25) is 8.67 Å². The fraction of sp³-hybridized carbons (Fsp3) is 0.667. The van der Waals surface area contributed by atoms with Crippen LogP contribution in [0.5, 0.6) is 0 Å². The van der Waals surface area contributed by atoms with E-state index < -0.39 is 0 Å². The SMILES string of the molecule is CC1(C(Br)c2cc(Cl)sc2Cl)CCCCC1. The molecule has 0 radical (unpaired) electrons. The summed E-state index contributed by atoms with van der Waals surface area (Å²) in [4.78, 5) is 0.330. The third-order valence-electron chi connectivity index (χ3n) is 3.56. The first-order chi connectivity index (χ1) is 7.53. The van der Waals surface area contributed by atoms with Crippen molar-refractivity contribution in [2.75, 3.05) is 0 Å². The molecule has 1 heterocycles. The monoisotopic (exact) mass is 340 g/mol. The summed E-state index contributed by atoms with van der Waals surface area (Å²) in [6, 6.07) is 2.01. The summed E-state index contributed by atoms with van der Waals surface area (Å²) in [6.07, 6.45) is 6.56. The molecule has 0 N–H and O–H groups in total. The largest absolute Gasteiger partial charge is 0.111 e. The van der Waals surface area contributed by atoms with E-state index in [1.165, 1.54) is 49.0 Å². The van der Waals surface area contributed by atoms with Gasteiger partial charge in [0.1, 0.15) is 0 Å². The normalized spacial score (nSPS) is 22.0. The lowest BCUT2D eigenvalue weighted by molar-refractivity contribution is 0.213. The maximum absolute atomic E-state index is 6.23. The van der Waals surface area contributed by atoms with Crippen LogP contribution in [0.3, 0.4) is 0 Å². The molecule has 0 bridgehead atoms. The predicted molar refractivity (Wildman–Crippen MR) is 77.2 cm³/mol. The molecule has 4 heteroatoms. The maximum atomic E-state index is 6.23. The average Bonchev–Trinajstić information content (AvgIpc) is 2.58. The van der Waals surface area contributed by atoms with Crippen LogP contribution < -0.4 is 0 Å². The molecule has 1 aromatic heterocycles. The molecule has 1 saturated carbocycles. The molecular weight excluding hydrogens is 327 g/mol. The minimum absolute atomic E-state index is 0.326. The Hall–Kier alpha value is 0.760. The first-order valence-electron chi connectivity index (χ1n) is 5.62. The van der Waals surface area contributed by atoms with Gasteiger partial charge in [-0.05, 0) is 29.9 Å². The number of halogens is 3. The van der Waals surface area contributed by atoms with Gasteiger partial charge in [-0.1, -0.05) is 65.3 Å². The smallest absolute Gasteiger partial charge is 0.0987 e. The van der Waals surface area contributed by atoms with Gasteiger partial charge in [-0.25, -0.2) is 0 Å². The van der Waals surface area contributed by atoms with Crippen LogP contribution in [0.1, 0.15) is 49.4 Å². The summed E-state index contributed by atoms with van der Waals surface area (Å²) in [5.74, 6) is 0. The van der Waals surface area contributed by atoms with Crippen LogP contribution in [-0.2, 0) is 0 Å². The van der Waals surface area contributed by atoms with E-state index >= 15 is 0 Å². The molecule has 2 rings (SSSR count). The Morgan fingerprint density at radius 3 is 2.44 bits per heavy atom. The zero-order valence-corrected chi connectivity index (χ0v) is 13.1. The minimum Gasteiger partial charge on any atom is -0.111 e. The summed E-state index contributed by atoms with van der Waals surface area (Å²) < 4.78 is 1.61. The van der Waals surface area contributed by atoms with Gasteiger partial charge in [0.15, 0.2) is 0 Å². The molecule has 0 aromatic carbocycles. The van der Waals surface area contributed by atoms with E-state index in [0.717, 1.165) is 8.67 Å². The van der Waals surface area contributed by atoms with E-state index in [-0.39, 0.29) is 0 Å². The molecule has 0 saturated heterocycles. The van der Waals surface area contributed by atoms with Crippen molar-refractivity contribution in [1.29, 1.82) is 0 Å². The number of hydrogen-bond acceptors (Lipinski definition) is 1. The van der Waals surface area contributed by atoms with Crippen molar-refractivity contribution >= 4 is 50.5 Å². The Morgan fingerprint density at radius 2 is 1.94 bits per heavy atom. The summed E-state index contributed by atoms with van der Waals surface area (Å²) in [7, 11) is 0. The minimum atomic E-state index is 0.326. The second kappa shape index (κ2) is 5.17. The Morgan fingerprint density at radius 1 is 1.31 bits per heavy atom. The van der Waals surface area contributed by atoms with E-state index in [2.05, 4.69) is 22.9 Å². The van der Waals surface area contributed by atoms with Crippen LogP contribution in [0, 0.1) is 5.41 Å². The third kappa shape index (κ3) is 2.60. The quantitative estimate of drug-likeness (QED) is 0.541. The third-order valence-corrected chi connectivity index (χ3v) is 6.68. The summed E-state index contributed by atoms with van der Waals surface area (Å²) >= 11 is 17.5. The number of rotatable bonds is 2. The van der Waals surface area contributed by atoms with Crippen molar-refractivity contribution < 1.29 is 0 Å². The van der Waals surface area contributed by atoms with Gasteiger partial charge in [0.25, 0.3) is 0 Å². The number of thiophene rings is 1. The fourth-order valence-electron chi connectivity index (χ4n) is 2.51. The van der Waals surface area contributed by atoms with E-state index in [1.807, 2.05) is 6.07 Å². The van der Waals surface area contributed by atoms with Crippen molar-refractivity contribution in [3.05, 3.63) is 20.3 Å². The second-order valence-corrected chi connectivity index (χ2v) is 8.06. The predicted octanol–water partition coefficient (Wildman–Crippen LogP) is 6.46. The number of alkyl halides is 1.